The minimum Gasteiger partial charge on any atom is -0.380 e. The van der Waals surface area contributed by atoms with Gasteiger partial charge >= 0.3 is 12.0 Å². The van der Waals surface area contributed by atoms with E-state index in [2.05, 4.69) is 15.5 Å². The van der Waals surface area contributed by atoms with E-state index in [1.165, 1.54) is 0 Å². The molecular weight excluding hydrogens is 491 g/mol. The van der Waals surface area contributed by atoms with Crippen LogP contribution in [0.2, 0.25) is 0 Å². The molecule has 5 aliphatic rings. The van der Waals surface area contributed by atoms with Crippen LogP contribution < -0.4 is 22.1 Å². The first-order chi connectivity index (χ1) is 18.1. The van der Waals surface area contributed by atoms with Crippen LogP contribution in [-0.2, 0) is 14.3 Å². The fourth-order valence-corrected chi connectivity index (χ4v) is 7.71. The Morgan fingerprint density at radius 1 is 1.21 bits per heavy atom. The summed E-state index contributed by atoms with van der Waals surface area (Å²) in [4.78, 5) is 31.2. The van der Waals surface area contributed by atoms with Gasteiger partial charge in [-0.2, -0.15) is 4.48 Å². The fraction of sp³-hybridized carbons (Fsp3) is 0.885. The Morgan fingerprint density at radius 2 is 1.95 bits per heavy atom. The molecule has 0 spiro atoms. The van der Waals surface area contributed by atoms with E-state index in [1.54, 1.807) is 7.11 Å². The lowest BCUT2D eigenvalue weighted by Crippen LogP contribution is -2.82. The number of amidine groups is 1. The molecule has 0 radical (unpaired) electrons. The highest BCUT2D eigenvalue weighted by atomic mass is 19.1. The average molecular weight is 539 g/mol. The molecule has 0 saturated carbocycles. The molecule has 0 aromatic rings. The monoisotopic (exact) mass is 538 g/mol. The summed E-state index contributed by atoms with van der Waals surface area (Å²) in [5.41, 5.74) is 12.4. The molecule has 0 aliphatic carbocycles. The second kappa shape index (κ2) is 11.1. The maximum Gasteiger partial charge on any atom is 0.345 e. The highest BCUT2D eigenvalue weighted by molar-refractivity contribution is 5.82. The van der Waals surface area contributed by atoms with Crippen LogP contribution in [0.4, 0.5) is 4.39 Å². The highest BCUT2D eigenvalue weighted by Crippen LogP contribution is 2.35. The van der Waals surface area contributed by atoms with Gasteiger partial charge in [0, 0.05) is 38.7 Å². The molecule has 2 amide bonds. The van der Waals surface area contributed by atoms with Crippen LogP contribution in [0.5, 0.6) is 0 Å². The number of quaternary nitrogens is 1. The molecule has 3 saturated heterocycles. The smallest absolute Gasteiger partial charge is 0.345 e. The van der Waals surface area contributed by atoms with Crippen molar-refractivity contribution in [2.45, 2.75) is 69.3 Å². The summed E-state index contributed by atoms with van der Waals surface area (Å²) in [5, 5.41) is 6.71. The first-order valence-electron chi connectivity index (χ1n) is 14.3. The molecule has 0 aromatic carbocycles. The Kier molecular flexibility index (Phi) is 8.10. The van der Waals surface area contributed by atoms with Crippen LogP contribution in [0.15, 0.2) is 0 Å². The molecule has 5 heterocycles. The molecule has 7 atom stereocenters. The Bertz CT molecular complexity index is 941. The van der Waals surface area contributed by atoms with Crippen molar-refractivity contribution in [3.05, 3.63) is 0 Å². The van der Waals surface area contributed by atoms with E-state index >= 15 is 0 Å². The molecule has 12 heteroatoms. The third-order valence-electron chi connectivity index (χ3n) is 9.98. The summed E-state index contributed by atoms with van der Waals surface area (Å²) in [7, 11) is 3.68. The van der Waals surface area contributed by atoms with Crippen molar-refractivity contribution in [2.75, 3.05) is 66.5 Å². The fourth-order valence-electron chi connectivity index (χ4n) is 7.71. The summed E-state index contributed by atoms with van der Waals surface area (Å²) in [6, 6.07) is 0.102. The number of piperidine rings is 2. The maximum absolute atomic E-state index is 14.3. The lowest BCUT2D eigenvalue weighted by molar-refractivity contribution is -1.05. The molecule has 0 aromatic heterocycles. The van der Waals surface area contributed by atoms with Crippen LogP contribution >= 0.6 is 0 Å². The van der Waals surface area contributed by atoms with Gasteiger partial charge in [0.15, 0.2) is 12.5 Å². The number of likely N-dealkylation sites (tertiary alicyclic amines) is 2. The predicted octanol–water partition coefficient (Wildman–Crippen LogP) is -1.78. The second-order valence-electron chi connectivity index (χ2n) is 12.2. The van der Waals surface area contributed by atoms with E-state index in [0.29, 0.717) is 24.1 Å². The number of fused-ring (bicyclic) bond motifs is 1. The Labute approximate surface area is 225 Å². The summed E-state index contributed by atoms with van der Waals surface area (Å²) in [6.07, 6.45) is 1.64. The zero-order valence-corrected chi connectivity index (χ0v) is 23.2. The molecule has 214 valence electrons. The Balaban J connectivity index is 1.20. The summed E-state index contributed by atoms with van der Waals surface area (Å²) >= 11 is 0. The lowest BCUT2D eigenvalue weighted by Gasteiger charge is -2.50. The van der Waals surface area contributed by atoms with Crippen molar-refractivity contribution in [1.82, 2.24) is 20.4 Å². The summed E-state index contributed by atoms with van der Waals surface area (Å²) in [5.74, 6) is 0.576. The number of halogens is 1. The van der Waals surface area contributed by atoms with Crippen molar-refractivity contribution in [3.8, 4) is 0 Å². The van der Waals surface area contributed by atoms with E-state index < -0.39 is 18.3 Å². The number of alkyl halides is 1. The number of carbonyl (C=O) groups excluding carboxylic acids is 2. The normalized spacial score (nSPS) is 37.3. The van der Waals surface area contributed by atoms with E-state index in [4.69, 9.17) is 16.2 Å². The highest BCUT2D eigenvalue weighted by Gasteiger charge is 2.68. The number of nitrogens with one attached hydrogen (secondary N) is 2. The molecular formula is C26H47FN8O3+2. The maximum atomic E-state index is 14.3. The first kappa shape index (κ1) is 27.9. The Hall–Kier alpha value is -1.70. The van der Waals surface area contributed by atoms with Crippen LogP contribution in [0.3, 0.4) is 0 Å². The molecule has 38 heavy (non-hydrogen) atoms. The third-order valence-corrected chi connectivity index (χ3v) is 9.98. The molecule has 7 unspecified atom stereocenters. The number of ether oxygens (including phenoxy) is 1. The van der Waals surface area contributed by atoms with Crippen LogP contribution in [0.1, 0.15) is 32.6 Å². The van der Waals surface area contributed by atoms with Crippen molar-refractivity contribution in [3.63, 3.8) is 0 Å². The number of methoxy groups -OCH3 is 1. The van der Waals surface area contributed by atoms with Gasteiger partial charge in [0.05, 0.1) is 32.3 Å². The first-order valence-corrected chi connectivity index (χ1v) is 14.3. The van der Waals surface area contributed by atoms with Crippen molar-refractivity contribution < 1.29 is 27.8 Å². The van der Waals surface area contributed by atoms with Gasteiger partial charge in [0.2, 0.25) is 18.0 Å². The van der Waals surface area contributed by atoms with Gasteiger partial charge in [-0.3, -0.25) is 14.5 Å². The Morgan fingerprint density at radius 3 is 2.58 bits per heavy atom. The number of hydrogen-bond acceptors (Lipinski definition) is 7. The van der Waals surface area contributed by atoms with E-state index in [9.17, 15) is 14.0 Å². The van der Waals surface area contributed by atoms with Crippen LogP contribution in [0.25, 0.3) is 0 Å². The van der Waals surface area contributed by atoms with Gasteiger partial charge in [-0.1, -0.05) is 0 Å². The number of nitrogens with zero attached hydrogens (tertiary/aromatic N) is 4. The third kappa shape index (κ3) is 4.99. The molecule has 5 aliphatic heterocycles. The van der Waals surface area contributed by atoms with E-state index in [1.807, 2.05) is 23.4 Å². The van der Waals surface area contributed by atoms with Gasteiger partial charge < -0.3 is 31.7 Å². The summed E-state index contributed by atoms with van der Waals surface area (Å²) < 4.78 is 22.1. The average Bonchev–Trinajstić information content (AvgIpc) is 3.39. The largest absolute Gasteiger partial charge is 0.380 e. The molecule has 6 N–H and O–H groups in total. The topological polar surface area (TPSA) is 129 Å². The zero-order chi connectivity index (χ0) is 27.2. The van der Waals surface area contributed by atoms with E-state index in [0.717, 1.165) is 57.7 Å². The standard InChI is InChI=1S/C26H46FN8O3/c1-16-34-13-18(27)15-35(16,2)25(34)22(23(28)29)24(36)31-20-12-30-8-4-21(20)32-9-5-17(6-10-32)26(37)33-11-7-19(14-33)38-3/h17-23,25,30H,4-15,28-29H2,1-3H3/q+1/p+1. The van der Waals surface area contributed by atoms with Gasteiger partial charge in [0.25, 0.3) is 0 Å². The number of nitrogens with two attached hydrogens (primary N) is 2. The van der Waals surface area contributed by atoms with Gasteiger partial charge in [-0.15, -0.1) is 4.58 Å². The molecule has 3 fully saturated rings. The quantitative estimate of drug-likeness (QED) is 0.171. The molecule has 11 nitrogen and oxygen atoms in total. The van der Waals surface area contributed by atoms with Crippen molar-refractivity contribution >= 4 is 17.6 Å². The minimum atomic E-state index is -0.925. The minimum absolute atomic E-state index is 0.0561. The predicted molar refractivity (Wildman–Crippen MR) is 141 cm³/mol. The van der Waals surface area contributed by atoms with E-state index in [-0.39, 0.29) is 48.6 Å². The van der Waals surface area contributed by atoms with Gasteiger partial charge in [-0.05, 0) is 45.3 Å². The SMILES string of the molecule is COC1CCN(C(=O)C2CCN(C3CCNCC3NC(=O)C(C(N)N)C3[N+]4=C(C)[N+]3(C)CC(F)C4)CC2)C1. The van der Waals surface area contributed by atoms with Gasteiger partial charge in [0.1, 0.15) is 6.54 Å². The van der Waals surface area contributed by atoms with Crippen LogP contribution in [-0.4, -0.2) is 140 Å². The molecule has 2 bridgehead atoms. The number of amides is 2. The van der Waals surface area contributed by atoms with Crippen LogP contribution in [0, 0.1) is 11.8 Å². The number of rotatable bonds is 7. The molecule has 5 rings (SSSR count). The summed E-state index contributed by atoms with van der Waals surface area (Å²) in [6.45, 7) is 7.34. The second-order valence-corrected chi connectivity index (χ2v) is 12.2. The lowest BCUT2D eigenvalue weighted by atomic mass is 9.89. The van der Waals surface area contributed by atoms with Gasteiger partial charge in [-0.25, -0.2) is 4.39 Å². The number of carbonyl (C=O) groups is 2. The van der Waals surface area contributed by atoms with Crippen molar-refractivity contribution in [1.29, 1.82) is 0 Å². The zero-order valence-electron chi connectivity index (χ0n) is 23.2. The number of hydrogen-bond donors (Lipinski definition) is 4. The van der Waals surface area contributed by atoms with Crippen molar-refractivity contribution in [2.24, 2.45) is 23.3 Å².